The summed E-state index contributed by atoms with van der Waals surface area (Å²) in [4.78, 5) is 10.2. The summed E-state index contributed by atoms with van der Waals surface area (Å²) in [5.74, 6) is -0.347. The highest BCUT2D eigenvalue weighted by molar-refractivity contribution is 5.86. The minimum atomic E-state index is -0.560. The topological polar surface area (TPSA) is 76.0 Å². The zero-order valence-corrected chi connectivity index (χ0v) is 12.1. The number of hydrogen-bond donors (Lipinski definition) is 2. The lowest BCUT2D eigenvalue weighted by atomic mass is 10.4. The van der Waals surface area contributed by atoms with Gasteiger partial charge < -0.3 is 19.7 Å². The van der Waals surface area contributed by atoms with Gasteiger partial charge in [-0.25, -0.2) is 4.79 Å². The van der Waals surface area contributed by atoms with E-state index in [0.717, 1.165) is 0 Å². The van der Waals surface area contributed by atoms with Gasteiger partial charge in [-0.3, -0.25) is 0 Å². The van der Waals surface area contributed by atoms with E-state index in [0.29, 0.717) is 18.8 Å². The Morgan fingerprint density at radius 2 is 1.68 bits per heavy atom. The van der Waals surface area contributed by atoms with Gasteiger partial charge >= 0.3 is 5.97 Å². The van der Waals surface area contributed by atoms with E-state index in [1.54, 1.807) is 19.1 Å². The second-order valence-corrected chi connectivity index (χ2v) is 3.42. The quantitative estimate of drug-likeness (QED) is 0.332. The van der Waals surface area contributed by atoms with E-state index in [2.05, 4.69) is 24.5 Å². The molecule has 0 aromatic rings. The van der Waals surface area contributed by atoms with Crippen LogP contribution in [0.25, 0.3) is 0 Å². The smallest absolute Gasteiger partial charge is 0.332 e. The monoisotopic (exact) mass is 274 g/mol. The van der Waals surface area contributed by atoms with Crippen LogP contribution in [0.5, 0.6) is 0 Å². The number of aliphatic hydroxyl groups excluding tert-OH is 2. The molecule has 2 N–H and O–H groups in total. The van der Waals surface area contributed by atoms with Crippen molar-refractivity contribution in [3.05, 3.63) is 37.5 Å². The number of aliphatic hydroxyl groups is 2. The Labute approximate surface area is 115 Å². The highest BCUT2D eigenvalue weighted by atomic mass is 16.5. The van der Waals surface area contributed by atoms with Crippen molar-refractivity contribution in [2.45, 2.75) is 20.0 Å². The zero-order chi connectivity index (χ0) is 15.7. The molecule has 1 atom stereocenters. The van der Waals surface area contributed by atoms with Crippen molar-refractivity contribution in [2.75, 3.05) is 26.9 Å². The fraction of sp³-hybridized carbons (Fsp3) is 0.500. The van der Waals surface area contributed by atoms with E-state index in [1.165, 1.54) is 14.0 Å². The lowest BCUT2D eigenvalue weighted by Gasteiger charge is -1.91. The molecule has 0 saturated carbocycles. The molecule has 5 nitrogen and oxygen atoms in total. The minimum Gasteiger partial charge on any atom is -0.466 e. The maximum Gasteiger partial charge on any atom is 0.332 e. The molecule has 0 aliphatic heterocycles. The third kappa shape index (κ3) is 31.5. The van der Waals surface area contributed by atoms with Crippen molar-refractivity contribution in [2.24, 2.45) is 0 Å². The zero-order valence-electron chi connectivity index (χ0n) is 12.1. The third-order valence-electron chi connectivity index (χ3n) is 1.27. The highest BCUT2D eigenvalue weighted by Gasteiger charge is 1.95. The summed E-state index contributed by atoms with van der Waals surface area (Å²) >= 11 is 0. The van der Waals surface area contributed by atoms with Crippen molar-refractivity contribution < 1.29 is 24.5 Å². The molecule has 0 bridgehead atoms. The van der Waals surface area contributed by atoms with Gasteiger partial charge in [-0.05, 0) is 13.8 Å². The van der Waals surface area contributed by atoms with Crippen molar-refractivity contribution in [3.8, 4) is 0 Å². The molecule has 0 aromatic heterocycles. The SMILES string of the molecule is C=C(C)C(=O)OC.C=CCOCC=C.CC(O)CO. The average Bonchev–Trinajstić information content (AvgIpc) is 2.39. The molecule has 0 radical (unpaired) electrons. The van der Waals surface area contributed by atoms with Crippen molar-refractivity contribution in [1.82, 2.24) is 0 Å². The molecular weight excluding hydrogens is 248 g/mol. The Kier molecular flexibility index (Phi) is 22.6. The molecule has 112 valence electrons. The van der Waals surface area contributed by atoms with E-state index in [-0.39, 0.29) is 12.6 Å². The summed E-state index contributed by atoms with van der Waals surface area (Å²) in [6.45, 7) is 14.5. The molecule has 0 heterocycles. The molecule has 0 aromatic carbocycles. The molecule has 0 fully saturated rings. The molecule has 0 saturated heterocycles. The number of rotatable bonds is 6. The Hall–Kier alpha value is -1.43. The maximum absolute atomic E-state index is 10.2. The van der Waals surface area contributed by atoms with Gasteiger partial charge in [0.2, 0.25) is 0 Å². The van der Waals surface area contributed by atoms with Crippen molar-refractivity contribution in [3.63, 3.8) is 0 Å². The van der Waals surface area contributed by atoms with Crippen LogP contribution in [-0.4, -0.2) is 49.2 Å². The standard InChI is InChI=1S/C6H10O.C5H8O2.C3H8O2/c1-3-5-7-6-4-2;1-4(2)5(6)7-3;1-3(5)2-4/h3-4H,1-2,5-6H2;1H2,2-3H3;3-5H,2H2,1H3. The van der Waals surface area contributed by atoms with Crippen LogP contribution < -0.4 is 0 Å². The summed E-state index contributed by atoms with van der Waals surface area (Å²) in [6, 6.07) is 0. The number of esters is 1. The summed E-state index contributed by atoms with van der Waals surface area (Å²) in [5.41, 5.74) is 0.433. The predicted molar refractivity (Wildman–Crippen MR) is 76.8 cm³/mol. The highest BCUT2D eigenvalue weighted by Crippen LogP contribution is 1.87. The number of methoxy groups -OCH3 is 1. The van der Waals surface area contributed by atoms with Crippen LogP contribution in [0.15, 0.2) is 37.5 Å². The number of ether oxygens (including phenoxy) is 2. The molecule has 0 spiro atoms. The molecule has 5 heteroatoms. The molecule has 0 rings (SSSR count). The van der Waals surface area contributed by atoms with Crippen molar-refractivity contribution in [1.29, 1.82) is 0 Å². The van der Waals surface area contributed by atoms with Gasteiger partial charge in [-0.1, -0.05) is 18.7 Å². The Morgan fingerprint density at radius 1 is 1.32 bits per heavy atom. The van der Waals surface area contributed by atoms with Gasteiger partial charge in [0.15, 0.2) is 0 Å². The maximum atomic E-state index is 10.2. The number of hydrogen-bond acceptors (Lipinski definition) is 5. The lowest BCUT2D eigenvalue weighted by molar-refractivity contribution is -0.136. The Bertz CT molecular complexity index is 238. The lowest BCUT2D eigenvalue weighted by Crippen LogP contribution is -2.03. The van der Waals surface area contributed by atoms with Gasteiger partial charge in [-0.2, -0.15) is 0 Å². The van der Waals surface area contributed by atoms with Gasteiger partial charge in [0.05, 0.1) is 33.0 Å². The molecule has 0 amide bonds. The first-order valence-corrected chi connectivity index (χ1v) is 5.69. The summed E-state index contributed by atoms with van der Waals surface area (Å²) in [6.07, 6.45) is 2.86. The largest absolute Gasteiger partial charge is 0.466 e. The average molecular weight is 274 g/mol. The van der Waals surface area contributed by atoms with Crippen LogP contribution in [0.2, 0.25) is 0 Å². The van der Waals surface area contributed by atoms with E-state index in [9.17, 15) is 4.79 Å². The number of carbonyl (C=O) groups is 1. The Balaban J connectivity index is -0.000000206. The van der Waals surface area contributed by atoms with Gasteiger partial charge in [0.25, 0.3) is 0 Å². The van der Waals surface area contributed by atoms with Crippen LogP contribution in [-0.2, 0) is 14.3 Å². The van der Waals surface area contributed by atoms with E-state index < -0.39 is 6.10 Å². The first-order valence-electron chi connectivity index (χ1n) is 5.69. The van der Waals surface area contributed by atoms with Crippen LogP contribution in [0, 0.1) is 0 Å². The first kappa shape index (κ1) is 22.7. The molecule has 0 aliphatic rings. The van der Waals surface area contributed by atoms with E-state index in [4.69, 9.17) is 14.9 Å². The summed E-state index contributed by atoms with van der Waals surface area (Å²) in [5, 5.41) is 16.0. The fourth-order valence-corrected chi connectivity index (χ4v) is 0.409. The second kappa shape index (κ2) is 18.9. The van der Waals surface area contributed by atoms with Gasteiger partial charge in [-0.15, -0.1) is 13.2 Å². The Morgan fingerprint density at radius 3 is 1.79 bits per heavy atom. The van der Waals surface area contributed by atoms with Gasteiger partial charge in [0, 0.05) is 5.57 Å². The molecule has 1 unspecified atom stereocenters. The van der Waals surface area contributed by atoms with Gasteiger partial charge in [0.1, 0.15) is 0 Å². The first-order chi connectivity index (χ1) is 8.87. The third-order valence-corrected chi connectivity index (χ3v) is 1.27. The molecule has 19 heavy (non-hydrogen) atoms. The summed E-state index contributed by atoms with van der Waals surface area (Å²) in [7, 11) is 1.33. The predicted octanol–water partition coefficient (Wildman–Crippen LogP) is 1.47. The normalized spacial score (nSPS) is 9.74. The molecular formula is C14H26O5. The number of carbonyl (C=O) groups excluding carboxylic acids is 1. The van der Waals surface area contributed by atoms with Crippen LogP contribution in [0.1, 0.15) is 13.8 Å². The summed E-state index contributed by atoms with van der Waals surface area (Å²) < 4.78 is 9.17. The second-order valence-electron chi connectivity index (χ2n) is 3.42. The van der Waals surface area contributed by atoms with E-state index in [1.807, 2.05) is 0 Å². The minimum absolute atomic E-state index is 0.139. The van der Waals surface area contributed by atoms with Crippen LogP contribution in [0.3, 0.4) is 0 Å². The fourth-order valence-electron chi connectivity index (χ4n) is 0.409. The molecule has 0 aliphatic carbocycles. The van der Waals surface area contributed by atoms with E-state index >= 15 is 0 Å². The van der Waals surface area contributed by atoms with Crippen LogP contribution >= 0.6 is 0 Å². The van der Waals surface area contributed by atoms with Crippen molar-refractivity contribution >= 4 is 5.97 Å². The van der Waals surface area contributed by atoms with Crippen LogP contribution in [0.4, 0.5) is 0 Å².